The zero-order chi connectivity index (χ0) is 11.8. The summed E-state index contributed by atoms with van der Waals surface area (Å²) in [6, 6.07) is -0.0427. The highest BCUT2D eigenvalue weighted by atomic mass is 16.5. The Bertz CT molecular complexity index is 271. The molecule has 16 heavy (non-hydrogen) atoms. The van der Waals surface area contributed by atoms with Gasteiger partial charge in [0.2, 0.25) is 5.91 Å². The lowest BCUT2D eigenvalue weighted by Crippen LogP contribution is -2.52. The fourth-order valence-corrected chi connectivity index (χ4v) is 2.69. The molecule has 0 radical (unpaired) electrons. The summed E-state index contributed by atoms with van der Waals surface area (Å²) in [6.45, 7) is 4.79. The topological polar surface area (TPSA) is 41.6 Å². The molecule has 0 aromatic carbocycles. The van der Waals surface area contributed by atoms with E-state index in [1.54, 1.807) is 7.11 Å². The van der Waals surface area contributed by atoms with E-state index in [0.29, 0.717) is 0 Å². The Kier molecular flexibility index (Phi) is 3.22. The lowest BCUT2D eigenvalue weighted by Gasteiger charge is -2.44. The van der Waals surface area contributed by atoms with Crippen molar-refractivity contribution in [1.29, 1.82) is 0 Å². The summed E-state index contributed by atoms with van der Waals surface area (Å²) in [5.74, 6) is 0.218. The molecule has 0 bridgehead atoms. The van der Waals surface area contributed by atoms with Crippen LogP contribution in [0.25, 0.3) is 0 Å². The van der Waals surface area contributed by atoms with Gasteiger partial charge in [0.05, 0.1) is 24.4 Å². The van der Waals surface area contributed by atoms with Crippen LogP contribution in [0.1, 0.15) is 39.5 Å². The Labute approximate surface area is 97.3 Å². The lowest BCUT2D eigenvalue weighted by atomic mass is 9.79. The van der Waals surface area contributed by atoms with E-state index in [-0.39, 0.29) is 23.7 Å². The molecule has 0 aromatic rings. The van der Waals surface area contributed by atoms with Crippen LogP contribution in [0.15, 0.2) is 0 Å². The van der Waals surface area contributed by atoms with Gasteiger partial charge in [-0.15, -0.1) is 0 Å². The number of rotatable bonds is 4. The average Bonchev–Trinajstić information content (AvgIpc) is 2.50. The molecule has 2 fully saturated rings. The summed E-state index contributed by atoms with van der Waals surface area (Å²) in [5, 5.41) is 3.32. The van der Waals surface area contributed by atoms with E-state index in [4.69, 9.17) is 4.74 Å². The van der Waals surface area contributed by atoms with Crippen molar-refractivity contribution in [1.82, 2.24) is 10.2 Å². The van der Waals surface area contributed by atoms with E-state index < -0.39 is 0 Å². The minimum Gasteiger partial charge on any atom is -0.376 e. The van der Waals surface area contributed by atoms with Crippen molar-refractivity contribution in [3.05, 3.63) is 0 Å². The Balaban J connectivity index is 2.04. The minimum atomic E-state index is -0.0607. The number of ether oxygens (including phenoxy) is 1. The number of carbonyl (C=O) groups is 1. The van der Waals surface area contributed by atoms with Crippen molar-refractivity contribution in [2.45, 2.75) is 57.3 Å². The number of hydrogen-bond donors (Lipinski definition) is 1. The molecular formula is C12H22N2O2. The maximum Gasteiger partial charge on any atom is 0.240 e. The SMILES string of the molecule is CCC1NC(C)C(=O)N1CC1(OC)CCC1. The molecule has 2 rings (SSSR count). The number of nitrogens with one attached hydrogen (secondary N) is 1. The first-order chi connectivity index (χ1) is 7.62. The standard InChI is InChI=1S/C12H22N2O2/c1-4-10-13-9(2)11(15)14(10)8-12(16-3)6-5-7-12/h9-10,13H,4-8H2,1-3H3. The van der Waals surface area contributed by atoms with Gasteiger partial charge < -0.3 is 9.64 Å². The molecule has 1 N–H and O–H groups in total. The molecule has 2 atom stereocenters. The fraction of sp³-hybridized carbons (Fsp3) is 0.917. The molecular weight excluding hydrogens is 204 g/mol. The molecule has 0 aromatic heterocycles. The van der Waals surface area contributed by atoms with E-state index in [1.807, 2.05) is 11.8 Å². The maximum absolute atomic E-state index is 12.0. The molecule has 92 valence electrons. The normalized spacial score (nSPS) is 32.9. The van der Waals surface area contributed by atoms with Crippen molar-refractivity contribution in [3.8, 4) is 0 Å². The zero-order valence-electron chi connectivity index (χ0n) is 10.5. The van der Waals surface area contributed by atoms with Crippen molar-refractivity contribution in [2.24, 2.45) is 0 Å². The van der Waals surface area contributed by atoms with Gasteiger partial charge in [-0.2, -0.15) is 0 Å². The maximum atomic E-state index is 12.0. The second kappa shape index (κ2) is 4.34. The first-order valence-electron chi connectivity index (χ1n) is 6.23. The summed E-state index contributed by atoms with van der Waals surface area (Å²) in [6.07, 6.45) is 4.52. The molecule has 1 heterocycles. The van der Waals surface area contributed by atoms with Gasteiger partial charge in [0.15, 0.2) is 0 Å². The van der Waals surface area contributed by atoms with Crippen LogP contribution < -0.4 is 5.32 Å². The van der Waals surface area contributed by atoms with Gasteiger partial charge in [0, 0.05) is 7.11 Å². The summed E-state index contributed by atoms with van der Waals surface area (Å²) >= 11 is 0. The third kappa shape index (κ3) is 1.84. The highest BCUT2D eigenvalue weighted by Gasteiger charge is 2.44. The quantitative estimate of drug-likeness (QED) is 0.781. The monoisotopic (exact) mass is 226 g/mol. The molecule has 4 heteroatoms. The van der Waals surface area contributed by atoms with Gasteiger partial charge in [-0.05, 0) is 32.6 Å². The van der Waals surface area contributed by atoms with Crippen molar-refractivity contribution in [3.63, 3.8) is 0 Å². The number of amides is 1. The first kappa shape index (κ1) is 11.9. The van der Waals surface area contributed by atoms with Crippen LogP contribution in [-0.4, -0.2) is 42.3 Å². The highest BCUT2D eigenvalue weighted by molar-refractivity contribution is 5.84. The zero-order valence-corrected chi connectivity index (χ0v) is 10.5. The third-order valence-corrected chi connectivity index (χ3v) is 4.02. The third-order valence-electron chi connectivity index (χ3n) is 4.02. The largest absolute Gasteiger partial charge is 0.376 e. The van der Waals surface area contributed by atoms with E-state index in [2.05, 4.69) is 12.2 Å². The summed E-state index contributed by atoms with van der Waals surface area (Å²) in [7, 11) is 1.76. The molecule has 1 aliphatic heterocycles. The van der Waals surface area contributed by atoms with Gasteiger partial charge in [-0.1, -0.05) is 6.92 Å². The second-order valence-corrected chi connectivity index (χ2v) is 5.02. The second-order valence-electron chi connectivity index (χ2n) is 5.02. The Hall–Kier alpha value is -0.610. The minimum absolute atomic E-state index is 0.0427. The van der Waals surface area contributed by atoms with Crippen LogP contribution >= 0.6 is 0 Å². The average molecular weight is 226 g/mol. The van der Waals surface area contributed by atoms with E-state index in [0.717, 1.165) is 25.8 Å². The summed E-state index contributed by atoms with van der Waals surface area (Å²) in [4.78, 5) is 14.0. The highest BCUT2D eigenvalue weighted by Crippen LogP contribution is 2.36. The Morgan fingerprint density at radius 3 is 2.69 bits per heavy atom. The summed E-state index contributed by atoms with van der Waals surface area (Å²) < 4.78 is 5.59. The van der Waals surface area contributed by atoms with Crippen LogP contribution in [0.3, 0.4) is 0 Å². The molecule has 1 amide bonds. The van der Waals surface area contributed by atoms with E-state index >= 15 is 0 Å². The van der Waals surface area contributed by atoms with Crippen molar-refractivity contribution in [2.75, 3.05) is 13.7 Å². The molecule has 1 saturated carbocycles. The number of methoxy groups -OCH3 is 1. The van der Waals surface area contributed by atoms with E-state index in [9.17, 15) is 4.79 Å². The van der Waals surface area contributed by atoms with Crippen molar-refractivity contribution >= 4 is 5.91 Å². The number of carbonyl (C=O) groups excluding carboxylic acids is 1. The molecule has 2 unspecified atom stereocenters. The predicted molar refractivity (Wildman–Crippen MR) is 62.0 cm³/mol. The fourth-order valence-electron chi connectivity index (χ4n) is 2.69. The van der Waals surface area contributed by atoms with Gasteiger partial charge >= 0.3 is 0 Å². The molecule has 1 aliphatic carbocycles. The van der Waals surface area contributed by atoms with Crippen LogP contribution in [0, 0.1) is 0 Å². The molecule has 1 saturated heterocycles. The Morgan fingerprint density at radius 2 is 2.25 bits per heavy atom. The van der Waals surface area contributed by atoms with Gasteiger partial charge in [-0.25, -0.2) is 0 Å². The van der Waals surface area contributed by atoms with E-state index in [1.165, 1.54) is 6.42 Å². The van der Waals surface area contributed by atoms with Crippen LogP contribution in [0.4, 0.5) is 0 Å². The van der Waals surface area contributed by atoms with Gasteiger partial charge in [0.25, 0.3) is 0 Å². The van der Waals surface area contributed by atoms with Gasteiger partial charge in [-0.3, -0.25) is 10.1 Å². The van der Waals surface area contributed by atoms with Gasteiger partial charge in [0.1, 0.15) is 0 Å². The lowest BCUT2D eigenvalue weighted by molar-refractivity contribution is -0.140. The van der Waals surface area contributed by atoms with Crippen molar-refractivity contribution < 1.29 is 9.53 Å². The molecule has 4 nitrogen and oxygen atoms in total. The van der Waals surface area contributed by atoms with Crippen LogP contribution in [-0.2, 0) is 9.53 Å². The predicted octanol–water partition coefficient (Wildman–Crippen LogP) is 1.11. The van der Waals surface area contributed by atoms with Crippen LogP contribution in [0.5, 0.6) is 0 Å². The first-order valence-corrected chi connectivity index (χ1v) is 6.23. The smallest absolute Gasteiger partial charge is 0.240 e. The molecule has 0 spiro atoms. The number of hydrogen-bond acceptors (Lipinski definition) is 3. The van der Waals surface area contributed by atoms with Crippen LogP contribution in [0.2, 0.25) is 0 Å². The number of nitrogens with zero attached hydrogens (tertiary/aromatic N) is 1. The Morgan fingerprint density at radius 1 is 1.56 bits per heavy atom. The molecule has 2 aliphatic rings. The summed E-state index contributed by atoms with van der Waals surface area (Å²) in [5.41, 5.74) is -0.0607.